The third-order valence-electron chi connectivity index (χ3n) is 0.348. The molecule has 9 radical (unpaired) electrons. The van der Waals surface area contributed by atoms with Gasteiger partial charge in [0.15, 0.2) is 31.4 Å². The summed E-state index contributed by atoms with van der Waals surface area (Å²) in [6, 6.07) is 0. The van der Waals surface area contributed by atoms with Crippen LogP contribution in [-0.4, -0.2) is 58.4 Å². The third-order valence-corrected chi connectivity index (χ3v) is 0.348. The molecule has 0 unspecified atom stereocenters. The van der Waals surface area contributed by atoms with E-state index in [9.17, 15) is 0 Å². The maximum Gasteiger partial charge on any atom is 0.187 e. The van der Waals surface area contributed by atoms with Gasteiger partial charge in [0.25, 0.3) is 0 Å². The smallest absolute Gasteiger partial charge is 0.187 e. The Morgan fingerprint density at radius 2 is 1.00 bits per heavy atom. The zero-order valence-corrected chi connectivity index (χ0v) is 13.7. The number of nitrogens with one attached hydrogen (secondary N) is 4. The summed E-state index contributed by atoms with van der Waals surface area (Å²) < 4.78 is 0. The fourth-order valence-corrected chi connectivity index (χ4v) is 0.123. The van der Waals surface area contributed by atoms with Gasteiger partial charge in [-0.15, -0.1) is 32.3 Å². The van der Waals surface area contributed by atoms with Crippen molar-refractivity contribution in [2.45, 2.75) is 0 Å². The maximum absolute atomic E-state index is 6.61. The van der Waals surface area contributed by atoms with Crippen molar-refractivity contribution >= 4 is 38.7 Å². The van der Waals surface area contributed by atoms with Crippen molar-refractivity contribution in [2.24, 2.45) is 11.5 Å². The van der Waals surface area contributed by atoms with Crippen LogP contribution in [0, 0.1) is 49.0 Å². The quantitative estimate of drug-likeness (QED) is 0.423. The van der Waals surface area contributed by atoms with Crippen molar-refractivity contribution in [2.75, 3.05) is 19.8 Å². The van der Waals surface area contributed by atoms with Gasteiger partial charge in [0.05, 0.1) is 7.28 Å². The van der Waals surface area contributed by atoms with Crippen LogP contribution >= 0.6 is 0 Å². The second-order valence-corrected chi connectivity index (χ2v) is 2.01. The summed E-state index contributed by atoms with van der Waals surface area (Å²) in [5.41, 5.74) is 34.3. The third kappa shape index (κ3) is 8690. The second-order valence-electron chi connectivity index (χ2n) is 2.01. The first-order chi connectivity index (χ1) is 11.3. The summed E-state index contributed by atoms with van der Waals surface area (Å²) in [5.74, 6) is 7.00. The normalized spacial score (nSPS) is 4.54. The van der Waals surface area contributed by atoms with Crippen LogP contribution in [0.2, 0.25) is 0 Å². The molecule has 0 fully saturated rings. The minimum Gasteiger partial charge on any atom is -0.711 e. The highest BCUT2D eigenvalue weighted by atomic mass is 14.7. The highest BCUT2D eigenvalue weighted by Crippen LogP contribution is 1.81. The van der Waals surface area contributed by atoms with Crippen LogP contribution in [0.4, 0.5) is 0 Å². The predicted octanol–water partition coefficient (Wildman–Crippen LogP) is 0.116. The van der Waals surface area contributed by atoms with Gasteiger partial charge in [-0.1, -0.05) is 0 Å². The van der Waals surface area contributed by atoms with E-state index in [2.05, 4.69) is 75.1 Å². The summed E-state index contributed by atoms with van der Waals surface area (Å²) in [6.45, 7) is 3.24. The average Bonchev–Trinajstić information content (AvgIpc) is 2.43. The average molecular weight is 314 g/mol. The lowest BCUT2D eigenvalue weighted by Crippen LogP contribution is -2.08. The summed E-state index contributed by atoms with van der Waals surface area (Å²) in [4.78, 5) is 0. The first kappa shape index (κ1) is 43.1. The van der Waals surface area contributed by atoms with Gasteiger partial charge in [0.2, 0.25) is 0 Å². The summed E-state index contributed by atoms with van der Waals surface area (Å²) >= 11 is 0. The van der Waals surface area contributed by atoms with Gasteiger partial charge >= 0.3 is 0 Å². The standard InChI is InChI=1S/C3H6BN2.4C2HB.CH6N2.CH4N2/c1-3(6)4-2-5;4*1-2-3;2*2-1-3/h5-6H,1-2H2;4*1H;1-3H2;2-3H,1H2/q-2;;;;;;-2. The highest BCUT2D eigenvalue weighted by molar-refractivity contribution is 6.46. The summed E-state index contributed by atoms with van der Waals surface area (Å²) in [7, 11) is 18.9. The SMILES string of the molecule is C=C([NH-])[B]C[NH-].NCN.[B]C#C.[B]C#C.[B]C#C.[B]C#C.[NH-]C[NH-]. The molecule has 0 heterocycles. The topological polar surface area (TPSA) is 147 Å². The Labute approximate surface area is 154 Å². The van der Waals surface area contributed by atoms with E-state index in [1.54, 1.807) is 23.3 Å². The molecule has 0 aromatic rings. The Kier molecular flexibility index (Phi) is 188. The van der Waals surface area contributed by atoms with Crippen molar-refractivity contribution in [3.05, 3.63) is 35.1 Å². The summed E-state index contributed by atoms with van der Waals surface area (Å²) in [6.07, 6.45) is 17.7. The van der Waals surface area contributed by atoms with Crippen molar-refractivity contribution in [3.8, 4) is 49.0 Å². The molecular weight excluding hydrogens is 294 g/mol. The van der Waals surface area contributed by atoms with Crippen molar-refractivity contribution in [1.29, 1.82) is 0 Å². The molecule has 6 nitrogen and oxygen atoms in total. The molecule has 0 aliphatic rings. The second kappa shape index (κ2) is 104. The highest BCUT2D eigenvalue weighted by Gasteiger charge is 1.66. The van der Waals surface area contributed by atoms with E-state index in [1.165, 1.54) is 7.28 Å². The van der Waals surface area contributed by atoms with Gasteiger partial charge in [-0.05, 0) is 0 Å². The van der Waals surface area contributed by atoms with Crippen LogP contribution in [0.15, 0.2) is 12.2 Å². The van der Waals surface area contributed by atoms with Gasteiger partial charge in [0.1, 0.15) is 0 Å². The molecule has 0 rings (SSSR count). The van der Waals surface area contributed by atoms with Crippen LogP contribution in [0.25, 0.3) is 22.9 Å². The molecule has 11 heteroatoms. The molecule has 0 atom stereocenters. The number of rotatable bonds is 2. The minimum absolute atomic E-state index is 0.169. The monoisotopic (exact) mass is 315 g/mol. The summed E-state index contributed by atoms with van der Waals surface area (Å²) in [5, 5.41) is 0. The molecule has 0 aromatic heterocycles. The van der Waals surface area contributed by atoms with Crippen LogP contribution in [0.1, 0.15) is 0 Å². The van der Waals surface area contributed by atoms with E-state index in [0.717, 1.165) is 0 Å². The van der Waals surface area contributed by atoms with Crippen LogP contribution in [0.5, 0.6) is 0 Å². The molecule has 0 aromatic carbocycles. The van der Waals surface area contributed by atoms with E-state index >= 15 is 0 Å². The van der Waals surface area contributed by atoms with E-state index < -0.39 is 0 Å². The molecule has 121 valence electrons. The first-order valence-electron chi connectivity index (χ1n) is 5.49. The Balaban J connectivity index is -0.0000000289. The van der Waals surface area contributed by atoms with Crippen LogP contribution in [0.3, 0.4) is 0 Å². The molecule has 24 heavy (non-hydrogen) atoms. The molecular formula is C13H20B5N6-4. The van der Waals surface area contributed by atoms with Gasteiger partial charge in [-0.2, -0.15) is 29.7 Å². The van der Waals surface area contributed by atoms with E-state index in [4.69, 9.17) is 22.9 Å². The van der Waals surface area contributed by atoms with Crippen LogP contribution < -0.4 is 11.5 Å². The van der Waals surface area contributed by atoms with Gasteiger partial charge in [-0.25, -0.2) is 5.60 Å². The Hall–Kier alpha value is -2.10. The fourth-order valence-electron chi connectivity index (χ4n) is 0.123. The van der Waals surface area contributed by atoms with Gasteiger partial charge in [0, 0.05) is 6.67 Å². The molecule has 8 N–H and O–H groups in total. The van der Waals surface area contributed by atoms with Crippen molar-refractivity contribution in [1.82, 2.24) is 0 Å². The zero-order valence-electron chi connectivity index (χ0n) is 13.7. The molecule has 0 aliphatic carbocycles. The van der Waals surface area contributed by atoms with Crippen LogP contribution in [-0.2, 0) is 0 Å². The van der Waals surface area contributed by atoms with Gasteiger partial charge < -0.3 is 34.4 Å². The fraction of sp³-hybridized carbons (Fsp3) is 0.231. The Morgan fingerprint density at radius 3 is 1.00 bits per heavy atom. The number of hydrogen-bond donors (Lipinski definition) is 2. The predicted molar refractivity (Wildman–Crippen MR) is 114 cm³/mol. The lowest BCUT2D eigenvalue weighted by Gasteiger charge is -2.03. The van der Waals surface area contributed by atoms with Gasteiger partial charge in [-0.3, -0.25) is 6.67 Å². The molecule has 0 saturated carbocycles. The first-order valence-corrected chi connectivity index (χ1v) is 5.49. The molecule has 0 spiro atoms. The molecule has 0 aliphatic heterocycles. The van der Waals surface area contributed by atoms with Crippen molar-refractivity contribution in [3.63, 3.8) is 0 Å². The zero-order chi connectivity index (χ0) is 21.2. The number of nitrogens with two attached hydrogens (primary N) is 2. The molecule has 0 saturated heterocycles. The lowest BCUT2D eigenvalue weighted by molar-refractivity contribution is 1.07. The Morgan fingerprint density at radius 1 is 0.875 bits per heavy atom. The number of terminal acetylenes is 4. The van der Waals surface area contributed by atoms with E-state index in [0.29, 0.717) is 0 Å². The largest absolute Gasteiger partial charge is 0.711 e. The minimum atomic E-state index is -0.250. The maximum atomic E-state index is 6.61. The van der Waals surface area contributed by atoms with E-state index in [-0.39, 0.29) is 25.4 Å². The molecule has 0 amide bonds. The lowest BCUT2D eigenvalue weighted by atomic mass is 9.76. The Bertz CT molecular complexity index is 289. The van der Waals surface area contributed by atoms with Crippen molar-refractivity contribution < 1.29 is 0 Å². The molecule has 0 bridgehead atoms. The number of hydrogen-bond acceptors (Lipinski definition) is 2. The van der Waals surface area contributed by atoms with E-state index in [1.807, 2.05) is 0 Å².